The molecule has 8 nitrogen and oxygen atoms in total. The van der Waals surface area contributed by atoms with Gasteiger partial charge in [-0.1, -0.05) is 6.92 Å². The molecule has 6 aliphatic heterocycles. The highest BCUT2D eigenvalue weighted by molar-refractivity contribution is 6.08. The molecule has 1 aromatic heterocycles. The quantitative estimate of drug-likeness (QED) is 0.618. The van der Waals surface area contributed by atoms with E-state index in [4.69, 9.17) is 4.74 Å². The highest BCUT2D eigenvalue weighted by atomic mass is 19.4. The van der Waals surface area contributed by atoms with E-state index in [1.165, 1.54) is 0 Å². The maximum absolute atomic E-state index is 13.9. The van der Waals surface area contributed by atoms with Gasteiger partial charge in [0.25, 0.3) is 5.91 Å². The van der Waals surface area contributed by atoms with Crippen molar-refractivity contribution in [2.24, 2.45) is 0 Å². The fraction of sp³-hybridized carbons (Fsp3) is 0.652. The molecular weight excluding hydrogens is 451 g/mol. The van der Waals surface area contributed by atoms with E-state index in [1.807, 2.05) is 9.80 Å². The largest absolute Gasteiger partial charge is 0.450 e. The first-order chi connectivity index (χ1) is 16.0. The summed E-state index contributed by atoms with van der Waals surface area (Å²) in [6, 6.07) is 0.865. The average Bonchev–Trinajstić information content (AvgIpc) is 3.53. The molecule has 0 radical (unpaired) electrons. The third kappa shape index (κ3) is 2.76. The summed E-state index contributed by atoms with van der Waals surface area (Å²) in [7, 11) is 0. The van der Waals surface area contributed by atoms with Gasteiger partial charge >= 0.3 is 12.1 Å². The van der Waals surface area contributed by atoms with Crippen LogP contribution in [0.15, 0.2) is 23.4 Å². The minimum Gasteiger partial charge on any atom is -0.450 e. The lowest BCUT2D eigenvalue weighted by molar-refractivity contribution is -0.151. The molecule has 0 aromatic carbocycles. The molecule has 0 atom stereocenters. The summed E-state index contributed by atoms with van der Waals surface area (Å²) < 4.78 is 45.3. The van der Waals surface area contributed by atoms with Crippen LogP contribution in [0.3, 0.4) is 0 Å². The summed E-state index contributed by atoms with van der Waals surface area (Å²) in [5.74, 6) is -0.545. The minimum absolute atomic E-state index is 0.0551. The second-order valence-electron chi connectivity index (χ2n) is 10.3. The topological polar surface area (TPSA) is 78.9 Å². The number of piperidine rings is 1. The molecular formula is C23H26F3N5O3. The number of carbonyl (C=O) groups is 2. The van der Waals surface area contributed by atoms with Crippen molar-refractivity contribution in [2.75, 3.05) is 37.6 Å². The van der Waals surface area contributed by atoms with Gasteiger partial charge in [0.05, 0.1) is 16.7 Å². The summed E-state index contributed by atoms with van der Waals surface area (Å²) >= 11 is 0. The molecule has 182 valence electrons. The van der Waals surface area contributed by atoms with Gasteiger partial charge in [-0.05, 0) is 32.4 Å². The van der Waals surface area contributed by atoms with Crippen LogP contribution in [0.1, 0.15) is 45.2 Å². The number of ether oxygens (including phenoxy) is 1. The second kappa shape index (κ2) is 6.71. The van der Waals surface area contributed by atoms with E-state index in [9.17, 15) is 22.8 Å². The predicted octanol–water partition coefficient (Wildman–Crippen LogP) is 2.16. The number of aromatic nitrogens is 2. The van der Waals surface area contributed by atoms with Gasteiger partial charge in [-0.25, -0.2) is 14.8 Å². The van der Waals surface area contributed by atoms with Gasteiger partial charge in [0.2, 0.25) is 5.95 Å². The highest BCUT2D eigenvalue weighted by Crippen LogP contribution is 2.64. The SMILES string of the molecule is CCN1CCC2(CC1)OC(=O)C(C)=C2C(=O)N1CC23CC1(CN2c1nccc(C(F)(F)F)n1)C3. The lowest BCUT2D eigenvalue weighted by Gasteiger charge is -2.41. The van der Waals surface area contributed by atoms with E-state index >= 15 is 0 Å². The minimum atomic E-state index is -4.54. The van der Waals surface area contributed by atoms with Crippen LogP contribution in [0.4, 0.5) is 19.1 Å². The Kier molecular flexibility index (Phi) is 4.30. The summed E-state index contributed by atoms with van der Waals surface area (Å²) in [6.45, 7) is 6.92. The van der Waals surface area contributed by atoms with Crippen LogP contribution in [0.25, 0.3) is 0 Å². The van der Waals surface area contributed by atoms with Crippen molar-refractivity contribution in [3.05, 3.63) is 29.1 Å². The maximum Gasteiger partial charge on any atom is 0.433 e. The first-order valence-corrected chi connectivity index (χ1v) is 11.7. The number of esters is 1. The Morgan fingerprint density at radius 2 is 1.88 bits per heavy atom. The third-order valence-electron chi connectivity index (χ3n) is 8.54. The Morgan fingerprint density at radius 3 is 2.47 bits per heavy atom. The van der Waals surface area contributed by atoms with Crippen molar-refractivity contribution in [3.8, 4) is 0 Å². The average molecular weight is 477 g/mol. The molecule has 7 aliphatic rings. The number of hydrogen-bond donors (Lipinski definition) is 0. The lowest BCUT2D eigenvalue weighted by Crippen LogP contribution is -2.54. The second-order valence-corrected chi connectivity index (χ2v) is 10.3. The number of alkyl halides is 3. The molecule has 1 spiro atoms. The van der Waals surface area contributed by atoms with Crippen LogP contribution in [-0.4, -0.2) is 81.0 Å². The van der Waals surface area contributed by atoms with Crippen molar-refractivity contribution in [3.63, 3.8) is 0 Å². The number of rotatable bonds is 3. The number of likely N-dealkylation sites (tertiary alicyclic amines) is 1. The molecule has 1 aliphatic carbocycles. The Bertz CT molecular complexity index is 1120. The third-order valence-corrected chi connectivity index (χ3v) is 8.54. The van der Waals surface area contributed by atoms with E-state index < -0.39 is 34.5 Å². The molecule has 34 heavy (non-hydrogen) atoms. The van der Waals surface area contributed by atoms with Crippen molar-refractivity contribution in [1.29, 1.82) is 0 Å². The van der Waals surface area contributed by atoms with E-state index in [0.29, 0.717) is 49.9 Å². The van der Waals surface area contributed by atoms with Crippen molar-refractivity contribution in [1.82, 2.24) is 19.8 Å². The van der Waals surface area contributed by atoms with Crippen LogP contribution >= 0.6 is 0 Å². The monoisotopic (exact) mass is 477 g/mol. The molecule has 8 rings (SSSR count). The molecule has 5 saturated heterocycles. The summed E-state index contributed by atoms with van der Waals surface area (Å²) in [5.41, 5.74) is -1.94. The zero-order valence-electron chi connectivity index (χ0n) is 19.1. The molecule has 1 saturated carbocycles. The molecule has 1 amide bonds. The Hall–Kier alpha value is -2.69. The molecule has 0 unspecified atom stereocenters. The normalized spacial score (nSPS) is 32.0. The standard InChI is InChI=1S/C23H26F3N5O3/c1-3-29-8-5-22(6-9-29)16(14(2)18(33)34-22)17(32)30-12-21-10-20(30,11-21)13-31(21)19-27-7-4-15(28-19)23(24,25)26/h4,7H,3,5-6,8-13H2,1-2H3. The molecule has 7 heterocycles. The first kappa shape index (κ1) is 21.8. The van der Waals surface area contributed by atoms with Gasteiger partial charge in [-0.2, -0.15) is 13.2 Å². The Labute approximate surface area is 194 Å². The number of carbonyl (C=O) groups excluding carboxylic acids is 2. The zero-order chi connectivity index (χ0) is 24.1. The number of piperazine rings is 1. The fourth-order valence-electron chi connectivity index (χ4n) is 6.90. The Morgan fingerprint density at radius 1 is 1.18 bits per heavy atom. The molecule has 11 heteroatoms. The summed E-state index contributed by atoms with van der Waals surface area (Å²) in [4.78, 5) is 40.3. The maximum atomic E-state index is 13.9. The number of anilines is 1. The molecule has 6 fully saturated rings. The van der Waals surface area contributed by atoms with Crippen LogP contribution in [0, 0.1) is 0 Å². The van der Waals surface area contributed by atoms with Gasteiger partial charge < -0.3 is 19.4 Å². The van der Waals surface area contributed by atoms with Crippen LogP contribution in [0.2, 0.25) is 0 Å². The van der Waals surface area contributed by atoms with Crippen molar-refractivity contribution >= 4 is 17.8 Å². The van der Waals surface area contributed by atoms with Gasteiger partial charge in [0.1, 0.15) is 11.3 Å². The summed E-state index contributed by atoms with van der Waals surface area (Å²) in [6.07, 6.45) is -0.902. The highest BCUT2D eigenvalue weighted by Gasteiger charge is 2.76. The number of amides is 1. The number of fused-ring (bicyclic) bond motifs is 2. The predicted molar refractivity (Wildman–Crippen MR) is 114 cm³/mol. The smallest absolute Gasteiger partial charge is 0.433 e. The van der Waals surface area contributed by atoms with E-state index in [0.717, 1.165) is 31.9 Å². The lowest BCUT2D eigenvalue weighted by atomic mass is 9.73. The van der Waals surface area contributed by atoms with Gasteiger partial charge in [0, 0.05) is 50.8 Å². The van der Waals surface area contributed by atoms with E-state index in [1.54, 1.807) is 6.92 Å². The van der Waals surface area contributed by atoms with Crippen LogP contribution in [-0.2, 0) is 20.5 Å². The van der Waals surface area contributed by atoms with E-state index in [2.05, 4.69) is 21.8 Å². The van der Waals surface area contributed by atoms with Gasteiger partial charge in [-0.3, -0.25) is 4.79 Å². The molecule has 0 N–H and O–H groups in total. The van der Waals surface area contributed by atoms with Gasteiger partial charge in [0.15, 0.2) is 0 Å². The number of halogens is 3. The van der Waals surface area contributed by atoms with Crippen molar-refractivity contribution in [2.45, 2.75) is 62.4 Å². The molecule has 2 bridgehead atoms. The van der Waals surface area contributed by atoms with Gasteiger partial charge in [-0.15, -0.1) is 0 Å². The van der Waals surface area contributed by atoms with E-state index in [-0.39, 0.29) is 11.9 Å². The van der Waals surface area contributed by atoms with Crippen molar-refractivity contribution < 1.29 is 27.5 Å². The fourth-order valence-corrected chi connectivity index (χ4v) is 6.90. The number of nitrogens with zero attached hydrogens (tertiary/aromatic N) is 5. The number of hydrogen-bond acceptors (Lipinski definition) is 7. The first-order valence-electron chi connectivity index (χ1n) is 11.7. The van der Waals surface area contributed by atoms with Crippen LogP contribution in [0.5, 0.6) is 0 Å². The molecule has 1 aromatic rings. The zero-order valence-corrected chi connectivity index (χ0v) is 19.1. The summed E-state index contributed by atoms with van der Waals surface area (Å²) in [5, 5.41) is 0. The van der Waals surface area contributed by atoms with Crippen LogP contribution < -0.4 is 4.90 Å². The Balaban J connectivity index is 1.26.